The SMILES string of the molecule is C=CCCOC(=O)[C@@H]1[C@H]2C(=O)N(CCCCO)C(C(=O)N(CC=C)CCN3CCOCC3)C23CC[C@H]1S3. The molecule has 4 aliphatic rings. The van der Waals surface area contributed by atoms with E-state index in [1.54, 1.807) is 28.8 Å². The zero-order valence-corrected chi connectivity index (χ0v) is 22.5. The number of carbonyl (C=O) groups excluding carboxylic acids is 3. The van der Waals surface area contributed by atoms with E-state index in [2.05, 4.69) is 18.1 Å². The van der Waals surface area contributed by atoms with Crippen molar-refractivity contribution in [2.75, 3.05) is 65.7 Å². The molecule has 0 saturated carbocycles. The van der Waals surface area contributed by atoms with E-state index < -0.39 is 22.6 Å². The van der Waals surface area contributed by atoms with Crippen LogP contribution in [0.15, 0.2) is 25.3 Å². The van der Waals surface area contributed by atoms with Gasteiger partial charge < -0.3 is 24.4 Å². The van der Waals surface area contributed by atoms with E-state index in [0.29, 0.717) is 52.1 Å². The van der Waals surface area contributed by atoms with Gasteiger partial charge in [0.05, 0.1) is 36.4 Å². The van der Waals surface area contributed by atoms with Gasteiger partial charge in [-0.15, -0.1) is 24.9 Å². The maximum absolute atomic E-state index is 14.3. The fraction of sp³-hybridized carbons (Fsp3) is 0.741. The van der Waals surface area contributed by atoms with Gasteiger partial charge in [-0.25, -0.2) is 0 Å². The lowest BCUT2D eigenvalue weighted by Crippen LogP contribution is -2.56. The maximum Gasteiger partial charge on any atom is 0.310 e. The number of aliphatic hydroxyl groups is 1. The summed E-state index contributed by atoms with van der Waals surface area (Å²) in [6, 6.07) is -0.630. The van der Waals surface area contributed by atoms with E-state index in [1.165, 1.54) is 0 Å². The van der Waals surface area contributed by atoms with Crippen LogP contribution < -0.4 is 0 Å². The third kappa shape index (κ3) is 5.62. The molecular weight excluding hydrogens is 494 g/mol. The average Bonchev–Trinajstić information content (AvgIpc) is 3.54. The minimum Gasteiger partial charge on any atom is -0.465 e. The smallest absolute Gasteiger partial charge is 0.310 e. The molecule has 0 aromatic carbocycles. The summed E-state index contributed by atoms with van der Waals surface area (Å²) in [7, 11) is 0. The van der Waals surface area contributed by atoms with Crippen molar-refractivity contribution in [3.05, 3.63) is 25.3 Å². The van der Waals surface area contributed by atoms with Crippen LogP contribution in [0.5, 0.6) is 0 Å². The Morgan fingerprint density at radius 2 is 2.00 bits per heavy atom. The van der Waals surface area contributed by atoms with Crippen molar-refractivity contribution in [1.82, 2.24) is 14.7 Å². The fourth-order valence-corrected chi connectivity index (χ4v) is 8.58. The number of hydrogen-bond acceptors (Lipinski definition) is 8. The van der Waals surface area contributed by atoms with Crippen molar-refractivity contribution in [2.24, 2.45) is 11.8 Å². The molecule has 4 saturated heterocycles. The van der Waals surface area contributed by atoms with Crippen molar-refractivity contribution in [3.63, 3.8) is 0 Å². The van der Waals surface area contributed by atoms with Gasteiger partial charge in [0.25, 0.3) is 0 Å². The topological polar surface area (TPSA) is 99.6 Å². The molecule has 2 unspecified atom stereocenters. The Morgan fingerprint density at radius 3 is 2.70 bits per heavy atom. The lowest BCUT2D eigenvalue weighted by Gasteiger charge is -2.38. The number of ether oxygens (including phenoxy) is 2. The summed E-state index contributed by atoms with van der Waals surface area (Å²) >= 11 is 1.66. The highest BCUT2D eigenvalue weighted by Crippen LogP contribution is 2.66. The van der Waals surface area contributed by atoms with Crippen LogP contribution >= 0.6 is 11.8 Å². The average molecular weight is 536 g/mol. The molecule has 0 aliphatic carbocycles. The van der Waals surface area contributed by atoms with Crippen molar-refractivity contribution in [3.8, 4) is 0 Å². The van der Waals surface area contributed by atoms with E-state index >= 15 is 0 Å². The first-order chi connectivity index (χ1) is 18.0. The highest BCUT2D eigenvalue weighted by atomic mass is 32.2. The molecule has 1 N–H and O–H groups in total. The van der Waals surface area contributed by atoms with Gasteiger partial charge in [0.15, 0.2) is 0 Å². The van der Waals surface area contributed by atoms with Gasteiger partial charge in [0, 0.05) is 51.1 Å². The summed E-state index contributed by atoms with van der Waals surface area (Å²) in [6.45, 7) is 13.0. The highest BCUT2D eigenvalue weighted by Gasteiger charge is 2.74. The Labute approximate surface area is 224 Å². The normalized spacial score (nSPS) is 30.8. The van der Waals surface area contributed by atoms with E-state index in [1.807, 2.05) is 4.90 Å². The Balaban J connectivity index is 1.58. The quantitative estimate of drug-likeness (QED) is 0.202. The van der Waals surface area contributed by atoms with Gasteiger partial charge in [-0.3, -0.25) is 19.3 Å². The fourth-order valence-electron chi connectivity index (χ4n) is 6.38. The van der Waals surface area contributed by atoms with Crippen molar-refractivity contribution >= 4 is 29.5 Å². The Morgan fingerprint density at radius 1 is 1.22 bits per heavy atom. The first-order valence-corrected chi connectivity index (χ1v) is 14.4. The van der Waals surface area contributed by atoms with Crippen LogP contribution in [0.1, 0.15) is 32.1 Å². The number of rotatable bonds is 14. The van der Waals surface area contributed by atoms with Crippen molar-refractivity contribution in [2.45, 2.75) is 48.1 Å². The van der Waals surface area contributed by atoms with E-state index in [9.17, 15) is 19.5 Å². The molecule has 2 amide bonds. The van der Waals surface area contributed by atoms with E-state index in [-0.39, 0.29) is 36.2 Å². The number of nitrogens with zero attached hydrogens (tertiary/aromatic N) is 3. The van der Waals surface area contributed by atoms with Gasteiger partial charge in [0.1, 0.15) is 6.04 Å². The molecule has 37 heavy (non-hydrogen) atoms. The second-order valence-electron chi connectivity index (χ2n) is 10.3. The zero-order valence-electron chi connectivity index (χ0n) is 21.7. The molecule has 2 bridgehead atoms. The monoisotopic (exact) mass is 535 g/mol. The zero-order chi connectivity index (χ0) is 26.4. The maximum atomic E-state index is 14.3. The number of hydrogen-bond donors (Lipinski definition) is 1. The third-order valence-electron chi connectivity index (χ3n) is 8.13. The largest absolute Gasteiger partial charge is 0.465 e. The van der Waals surface area contributed by atoms with E-state index in [4.69, 9.17) is 9.47 Å². The summed E-state index contributed by atoms with van der Waals surface area (Å²) in [5, 5.41) is 9.33. The number of morpholine rings is 1. The van der Waals surface area contributed by atoms with Crippen molar-refractivity contribution < 1.29 is 29.0 Å². The number of fused-ring (bicyclic) bond motifs is 1. The third-order valence-corrected chi connectivity index (χ3v) is 10.1. The first-order valence-electron chi connectivity index (χ1n) is 13.5. The first kappa shape index (κ1) is 28.1. The molecule has 4 fully saturated rings. The molecule has 0 aromatic heterocycles. The summed E-state index contributed by atoms with van der Waals surface area (Å²) in [6.07, 6.45) is 6.68. The highest BCUT2D eigenvalue weighted by molar-refractivity contribution is 8.02. The lowest BCUT2D eigenvalue weighted by molar-refractivity contribution is -0.154. The van der Waals surface area contributed by atoms with Crippen LogP contribution in [0.25, 0.3) is 0 Å². The molecule has 0 aromatic rings. The predicted octanol–water partition coefficient (Wildman–Crippen LogP) is 1.32. The number of thioether (sulfide) groups is 1. The van der Waals surface area contributed by atoms with Crippen LogP contribution in [-0.2, 0) is 23.9 Å². The van der Waals surface area contributed by atoms with Crippen LogP contribution in [0.4, 0.5) is 0 Å². The van der Waals surface area contributed by atoms with Gasteiger partial charge >= 0.3 is 5.97 Å². The molecule has 5 atom stereocenters. The summed E-state index contributed by atoms with van der Waals surface area (Å²) < 4.78 is 10.4. The molecule has 206 valence electrons. The van der Waals surface area contributed by atoms with Crippen LogP contribution in [0.2, 0.25) is 0 Å². The molecule has 4 heterocycles. The van der Waals surface area contributed by atoms with Crippen molar-refractivity contribution in [1.29, 1.82) is 0 Å². The molecule has 4 aliphatic heterocycles. The molecule has 0 radical (unpaired) electrons. The minimum absolute atomic E-state index is 0.0127. The predicted molar refractivity (Wildman–Crippen MR) is 142 cm³/mol. The molecule has 10 heteroatoms. The number of carbonyl (C=O) groups is 3. The second kappa shape index (κ2) is 12.8. The van der Waals surface area contributed by atoms with Gasteiger partial charge in [-0.1, -0.05) is 12.2 Å². The van der Waals surface area contributed by atoms with Crippen LogP contribution in [0.3, 0.4) is 0 Å². The summed E-state index contributed by atoms with van der Waals surface area (Å²) in [4.78, 5) is 47.2. The number of unbranched alkanes of at least 4 members (excludes halogenated alkanes) is 1. The number of esters is 1. The Hall–Kier alpha value is -1.88. The Bertz CT molecular complexity index is 865. The number of aliphatic hydroxyl groups excluding tert-OH is 1. The number of likely N-dealkylation sites (tertiary alicyclic amines) is 1. The molecule has 9 nitrogen and oxygen atoms in total. The van der Waals surface area contributed by atoms with Crippen LogP contribution in [0, 0.1) is 11.8 Å². The van der Waals surface area contributed by atoms with Crippen LogP contribution in [-0.4, -0.2) is 119 Å². The van der Waals surface area contributed by atoms with Gasteiger partial charge in [0.2, 0.25) is 11.8 Å². The minimum atomic E-state index is -0.630. The van der Waals surface area contributed by atoms with Gasteiger partial charge in [-0.05, 0) is 32.1 Å². The standard InChI is InChI=1S/C27H41N3O6S/c1-3-5-17-36-26(34)21-20-8-9-27(37-20)22(21)24(32)30(11-6-7-16-31)23(27)25(33)29(10-4-2)13-12-28-14-18-35-19-15-28/h3-4,20-23,31H,1-2,5-19H2/t20-,21+,22+,23?,27?/m1/s1. The number of amides is 2. The summed E-state index contributed by atoms with van der Waals surface area (Å²) in [5.41, 5.74) is 0. The molecule has 1 spiro atoms. The Kier molecular flexibility index (Phi) is 9.72. The summed E-state index contributed by atoms with van der Waals surface area (Å²) in [5.74, 6) is -1.61. The lowest BCUT2D eigenvalue weighted by atomic mass is 9.71. The molecule has 4 rings (SSSR count). The van der Waals surface area contributed by atoms with E-state index in [0.717, 1.165) is 32.5 Å². The van der Waals surface area contributed by atoms with Gasteiger partial charge in [-0.2, -0.15) is 0 Å². The molecular formula is C27H41N3O6S. The second-order valence-corrected chi connectivity index (χ2v) is 11.9.